The lowest BCUT2D eigenvalue weighted by Gasteiger charge is -2.31. The molecule has 3 aromatic rings. The number of hydrogen-bond donors (Lipinski definition) is 1. The fourth-order valence-corrected chi connectivity index (χ4v) is 5.19. The Bertz CT molecular complexity index is 1370. The second kappa shape index (κ2) is 11.9. The molecular weight excluding hydrogens is 495 g/mol. The molecule has 6 rings (SSSR count). The maximum Gasteiger partial charge on any atom is 0.189 e. The molecule has 0 radical (unpaired) electrons. The molecule has 2 unspecified atom stereocenters. The Kier molecular flexibility index (Phi) is 8.10. The van der Waals surface area contributed by atoms with Crippen LogP contribution in [0.1, 0.15) is 35.1 Å². The van der Waals surface area contributed by atoms with E-state index in [1.807, 2.05) is 56.6 Å². The van der Waals surface area contributed by atoms with Crippen LogP contribution in [0.15, 0.2) is 71.7 Å². The van der Waals surface area contributed by atoms with E-state index < -0.39 is 5.60 Å². The van der Waals surface area contributed by atoms with Crippen molar-refractivity contribution in [2.75, 3.05) is 40.3 Å². The summed E-state index contributed by atoms with van der Waals surface area (Å²) >= 11 is 0. The van der Waals surface area contributed by atoms with Gasteiger partial charge in [-0.25, -0.2) is 4.39 Å². The van der Waals surface area contributed by atoms with Gasteiger partial charge in [0.15, 0.2) is 17.6 Å². The van der Waals surface area contributed by atoms with Gasteiger partial charge in [-0.05, 0) is 86.6 Å². The average Bonchev–Trinajstić information content (AvgIpc) is 3.63. The first kappa shape index (κ1) is 26.7. The lowest BCUT2D eigenvalue weighted by Crippen LogP contribution is -2.42. The minimum atomic E-state index is -0.562. The van der Waals surface area contributed by atoms with Crippen LogP contribution in [0, 0.1) is 17.1 Å². The van der Waals surface area contributed by atoms with Gasteiger partial charge in [0.25, 0.3) is 0 Å². The van der Waals surface area contributed by atoms with Gasteiger partial charge in [-0.2, -0.15) is 5.26 Å². The smallest absolute Gasteiger partial charge is 0.189 e. The Hall–Kier alpha value is -3.93. The van der Waals surface area contributed by atoms with E-state index in [1.165, 1.54) is 12.1 Å². The van der Waals surface area contributed by atoms with Crippen molar-refractivity contribution in [2.24, 2.45) is 4.99 Å². The molecular formula is C31H33FN4O3. The van der Waals surface area contributed by atoms with Crippen LogP contribution in [-0.2, 0) is 16.9 Å². The summed E-state index contributed by atoms with van der Waals surface area (Å²) in [4.78, 5) is 6.48. The minimum absolute atomic E-state index is 0.0811. The van der Waals surface area contributed by atoms with Crippen LogP contribution in [0.4, 0.5) is 4.39 Å². The zero-order chi connectivity index (χ0) is 27.2. The molecule has 0 aliphatic carbocycles. The summed E-state index contributed by atoms with van der Waals surface area (Å²) in [6.07, 6.45) is 1.70. The van der Waals surface area contributed by atoms with Crippen LogP contribution in [0.5, 0.6) is 11.5 Å². The van der Waals surface area contributed by atoms with Gasteiger partial charge in [0.05, 0.1) is 24.8 Å². The topological polar surface area (TPSA) is 79.1 Å². The Morgan fingerprint density at radius 2 is 1.90 bits per heavy atom. The number of aliphatic imine (C=N–C) groups is 1. The van der Waals surface area contributed by atoms with Crippen LogP contribution < -0.4 is 14.8 Å². The zero-order valence-electron chi connectivity index (χ0n) is 22.3. The first-order valence-electron chi connectivity index (χ1n) is 13.2. The fourth-order valence-electron chi connectivity index (χ4n) is 5.19. The highest BCUT2D eigenvalue weighted by atomic mass is 19.1. The highest BCUT2D eigenvalue weighted by Gasteiger charge is 2.41. The lowest BCUT2D eigenvalue weighted by molar-refractivity contribution is -0.0140. The standard InChI is InChI=1S/C20H21FN2O.C11H12N2O2/c1-23(2)11-3-10-20(17-5-7-18(21)8-6-17)19-9-4-15(13-22)12-16(19)14-24-20;1-2-4-9-8(3-1)14-7-10(15-9)11-12-5-6-13-11/h4-9,12H,3,10-11,14H2,1-2H3;1-4,10H,5-7H2,(H,12,13). The monoisotopic (exact) mass is 528 g/mol. The second-order valence-electron chi connectivity index (χ2n) is 10.1. The Morgan fingerprint density at radius 3 is 2.62 bits per heavy atom. The number of hydrogen-bond acceptors (Lipinski definition) is 7. The summed E-state index contributed by atoms with van der Waals surface area (Å²) in [5.41, 5.74) is 3.18. The van der Waals surface area contributed by atoms with Crippen molar-refractivity contribution in [3.8, 4) is 17.6 Å². The number of nitrogens with zero attached hydrogens (tertiary/aromatic N) is 3. The van der Waals surface area contributed by atoms with E-state index in [0.29, 0.717) is 18.8 Å². The van der Waals surface area contributed by atoms with E-state index >= 15 is 0 Å². The molecule has 1 N–H and O–H groups in total. The minimum Gasteiger partial charge on any atom is -0.485 e. The number of fused-ring (bicyclic) bond motifs is 2. The number of para-hydroxylation sites is 2. The van der Waals surface area contributed by atoms with Crippen LogP contribution in [0.2, 0.25) is 0 Å². The number of nitrogens with one attached hydrogen (secondary N) is 1. The number of nitriles is 1. The zero-order valence-corrected chi connectivity index (χ0v) is 22.3. The quantitative estimate of drug-likeness (QED) is 0.502. The maximum absolute atomic E-state index is 13.4. The number of halogens is 1. The average molecular weight is 529 g/mol. The molecule has 8 heteroatoms. The summed E-state index contributed by atoms with van der Waals surface area (Å²) < 4.78 is 31.0. The number of ether oxygens (including phenoxy) is 3. The third-order valence-corrected chi connectivity index (χ3v) is 7.10. The Balaban J connectivity index is 0.000000175. The highest BCUT2D eigenvalue weighted by molar-refractivity contribution is 5.88. The normalized spacial score (nSPS) is 20.8. The number of rotatable bonds is 6. The molecule has 0 spiro atoms. The molecule has 0 bridgehead atoms. The van der Waals surface area contributed by atoms with Gasteiger partial charge >= 0.3 is 0 Å². The van der Waals surface area contributed by atoms with Gasteiger partial charge in [0, 0.05) is 6.54 Å². The van der Waals surface area contributed by atoms with Gasteiger partial charge < -0.3 is 24.4 Å². The molecule has 202 valence electrons. The van der Waals surface area contributed by atoms with Crippen molar-refractivity contribution in [3.63, 3.8) is 0 Å². The largest absolute Gasteiger partial charge is 0.485 e. The highest BCUT2D eigenvalue weighted by Crippen LogP contribution is 2.45. The first-order chi connectivity index (χ1) is 19.0. The first-order valence-corrected chi connectivity index (χ1v) is 13.2. The van der Waals surface area contributed by atoms with Gasteiger partial charge in [-0.1, -0.05) is 30.3 Å². The molecule has 3 aliphatic rings. The van der Waals surface area contributed by atoms with E-state index in [0.717, 1.165) is 66.5 Å². The second-order valence-corrected chi connectivity index (χ2v) is 10.1. The van der Waals surface area contributed by atoms with E-state index in [9.17, 15) is 4.39 Å². The van der Waals surface area contributed by atoms with E-state index in [2.05, 4.69) is 21.3 Å². The van der Waals surface area contributed by atoms with Crippen molar-refractivity contribution in [1.29, 1.82) is 5.26 Å². The summed E-state index contributed by atoms with van der Waals surface area (Å²) in [7, 11) is 4.10. The molecule has 0 aromatic heterocycles. The van der Waals surface area contributed by atoms with Gasteiger partial charge in [-0.15, -0.1) is 0 Å². The maximum atomic E-state index is 13.4. The molecule has 3 aromatic carbocycles. The SMILES string of the molecule is CN(C)CCCC1(c2ccc(F)cc2)OCc2cc(C#N)ccc21.c1ccc2c(c1)OCC(C1=NCCN1)O2. The van der Waals surface area contributed by atoms with E-state index in [1.54, 1.807) is 12.1 Å². The van der Waals surface area contributed by atoms with Crippen LogP contribution in [-0.4, -0.2) is 57.2 Å². The van der Waals surface area contributed by atoms with Crippen molar-refractivity contribution in [2.45, 2.75) is 31.2 Å². The van der Waals surface area contributed by atoms with Crippen LogP contribution in [0.25, 0.3) is 0 Å². The molecule has 0 fully saturated rings. The van der Waals surface area contributed by atoms with Crippen molar-refractivity contribution >= 4 is 5.84 Å². The summed E-state index contributed by atoms with van der Waals surface area (Å²) in [6.45, 7) is 3.69. The van der Waals surface area contributed by atoms with Crippen LogP contribution in [0.3, 0.4) is 0 Å². The van der Waals surface area contributed by atoms with Crippen molar-refractivity contribution < 1.29 is 18.6 Å². The molecule has 3 aliphatic heterocycles. The predicted molar refractivity (Wildman–Crippen MR) is 148 cm³/mol. The third kappa shape index (κ3) is 5.90. The molecule has 39 heavy (non-hydrogen) atoms. The summed E-state index contributed by atoms with van der Waals surface area (Å²) in [6, 6.07) is 22.2. The van der Waals surface area contributed by atoms with Crippen molar-refractivity contribution in [1.82, 2.24) is 10.2 Å². The van der Waals surface area contributed by atoms with Gasteiger partial charge in [0.1, 0.15) is 23.9 Å². The number of benzene rings is 3. The molecule has 3 heterocycles. The van der Waals surface area contributed by atoms with Gasteiger partial charge in [0.2, 0.25) is 0 Å². The van der Waals surface area contributed by atoms with Crippen molar-refractivity contribution in [3.05, 3.63) is 94.8 Å². The Morgan fingerprint density at radius 1 is 1.10 bits per heavy atom. The van der Waals surface area contributed by atoms with E-state index in [-0.39, 0.29) is 11.9 Å². The summed E-state index contributed by atoms with van der Waals surface area (Å²) in [5, 5.41) is 12.3. The van der Waals surface area contributed by atoms with Gasteiger partial charge in [-0.3, -0.25) is 4.99 Å². The molecule has 0 saturated carbocycles. The lowest BCUT2D eigenvalue weighted by atomic mass is 9.81. The Labute approximate surface area is 228 Å². The van der Waals surface area contributed by atoms with Crippen LogP contribution >= 0.6 is 0 Å². The van der Waals surface area contributed by atoms with E-state index in [4.69, 9.17) is 19.5 Å². The molecule has 7 nitrogen and oxygen atoms in total. The summed E-state index contributed by atoms with van der Waals surface area (Å²) in [5.74, 6) is 2.27. The fraction of sp³-hybridized carbons (Fsp3) is 0.355. The molecule has 0 saturated heterocycles. The third-order valence-electron chi connectivity index (χ3n) is 7.10. The molecule has 0 amide bonds. The molecule has 2 atom stereocenters. The number of amidine groups is 1. The predicted octanol–water partition coefficient (Wildman–Crippen LogP) is 4.64.